The van der Waals surface area contributed by atoms with E-state index >= 15 is 0 Å². The minimum Gasteiger partial charge on any atom is -0.507 e. The van der Waals surface area contributed by atoms with Gasteiger partial charge in [-0.05, 0) is 65.6 Å². The van der Waals surface area contributed by atoms with Crippen LogP contribution in [-0.4, -0.2) is 20.1 Å². The molecule has 0 fully saturated rings. The standard InChI is InChI=1S/C40H38N4O/c1-5-7-10-30(6-2)31-13-17-33(18-14-31)38-42-39(34-19-15-32(16-20-34)35-11-8-9-27(3)25-35)44-40(43-38)36-21-12-29(26-37(36)45)24-28(4)22-23-41/h6,8-21,25-26,28,45H,2,5,7,22,24H2,1,3-4H3/b30-10+. The van der Waals surface area contributed by atoms with Crippen molar-refractivity contribution in [1.29, 1.82) is 5.26 Å². The highest BCUT2D eigenvalue weighted by atomic mass is 16.3. The number of hydrogen-bond donors (Lipinski definition) is 1. The van der Waals surface area contributed by atoms with Crippen LogP contribution >= 0.6 is 0 Å². The summed E-state index contributed by atoms with van der Waals surface area (Å²) in [6, 6.07) is 32.6. The topological polar surface area (TPSA) is 82.7 Å². The number of phenols is 1. The maximum atomic E-state index is 11.1. The molecular weight excluding hydrogens is 552 g/mol. The summed E-state index contributed by atoms with van der Waals surface area (Å²) in [6.07, 6.45) is 7.32. The maximum Gasteiger partial charge on any atom is 0.167 e. The molecule has 4 aromatic carbocycles. The average molecular weight is 591 g/mol. The number of allylic oxidation sites excluding steroid dienone is 3. The molecule has 1 unspecified atom stereocenters. The molecule has 1 N–H and O–H groups in total. The second-order valence-electron chi connectivity index (χ2n) is 11.5. The average Bonchev–Trinajstić information content (AvgIpc) is 3.05. The van der Waals surface area contributed by atoms with E-state index in [0.29, 0.717) is 35.9 Å². The summed E-state index contributed by atoms with van der Waals surface area (Å²) in [5.74, 6) is 1.73. The molecule has 0 saturated carbocycles. The van der Waals surface area contributed by atoms with Crippen LogP contribution in [0, 0.1) is 24.2 Å². The smallest absolute Gasteiger partial charge is 0.167 e. The molecule has 0 saturated heterocycles. The summed E-state index contributed by atoms with van der Waals surface area (Å²) in [4.78, 5) is 14.6. The highest BCUT2D eigenvalue weighted by Crippen LogP contribution is 2.32. The van der Waals surface area contributed by atoms with Gasteiger partial charge in [-0.15, -0.1) is 0 Å². The maximum absolute atomic E-state index is 11.1. The highest BCUT2D eigenvalue weighted by Gasteiger charge is 2.16. The van der Waals surface area contributed by atoms with Crippen molar-refractivity contribution < 1.29 is 5.11 Å². The van der Waals surface area contributed by atoms with E-state index in [0.717, 1.165) is 51.8 Å². The fraction of sp³-hybridized carbons (Fsp3) is 0.200. The number of aromatic nitrogens is 3. The van der Waals surface area contributed by atoms with Gasteiger partial charge in [-0.25, -0.2) is 15.0 Å². The Hall–Kier alpha value is -5.34. The minimum absolute atomic E-state index is 0.0987. The number of rotatable bonds is 11. The monoisotopic (exact) mass is 590 g/mol. The molecule has 45 heavy (non-hydrogen) atoms. The lowest BCUT2D eigenvalue weighted by Crippen LogP contribution is -2.01. The van der Waals surface area contributed by atoms with Gasteiger partial charge >= 0.3 is 0 Å². The van der Waals surface area contributed by atoms with Gasteiger partial charge < -0.3 is 5.11 Å². The number of nitrogens with zero attached hydrogens (tertiary/aromatic N) is 4. The molecule has 0 bridgehead atoms. The number of aryl methyl sites for hydroxylation is 1. The lowest BCUT2D eigenvalue weighted by Gasteiger charge is -2.12. The van der Waals surface area contributed by atoms with E-state index in [9.17, 15) is 5.11 Å². The predicted molar refractivity (Wildman–Crippen MR) is 184 cm³/mol. The summed E-state index contributed by atoms with van der Waals surface area (Å²) >= 11 is 0. The Morgan fingerprint density at radius 1 is 0.844 bits per heavy atom. The van der Waals surface area contributed by atoms with E-state index in [1.807, 2.05) is 49.4 Å². The fourth-order valence-electron chi connectivity index (χ4n) is 5.35. The zero-order valence-corrected chi connectivity index (χ0v) is 26.2. The Kier molecular flexibility index (Phi) is 9.97. The van der Waals surface area contributed by atoms with Crippen molar-refractivity contribution >= 4 is 5.57 Å². The van der Waals surface area contributed by atoms with Crippen LogP contribution in [0.2, 0.25) is 0 Å². The summed E-state index contributed by atoms with van der Waals surface area (Å²) in [6.45, 7) is 10.3. The highest BCUT2D eigenvalue weighted by molar-refractivity contribution is 5.76. The molecule has 0 amide bonds. The second kappa shape index (κ2) is 14.4. The minimum atomic E-state index is 0.0987. The lowest BCUT2D eigenvalue weighted by atomic mass is 9.97. The van der Waals surface area contributed by atoms with Crippen LogP contribution in [0.4, 0.5) is 0 Å². The number of phenolic OH excluding ortho intramolecular Hbond substituents is 1. The molecule has 0 spiro atoms. The zero-order valence-electron chi connectivity index (χ0n) is 26.2. The van der Waals surface area contributed by atoms with Gasteiger partial charge in [0.2, 0.25) is 0 Å². The molecule has 5 heteroatoms. The van der Waals surface area contributed by atoms with Gasteiger partial charge in [-0.2, -0.15) is 5.26 Å². The quantitative estimate of drug-likeness (QED) is 0.155. The van der Waals surface area contributed by atoms with Gasteiger partial charge in [0.1, 0.15) is 5.75 Å². The van der Waals surface area contributed by atoms with Crippen LogP contribution in [-0.2, 0) is 6.42 Å². The molecule has 0 aliphatic rings. The van der Waals surface area contributed by atoms with Gasteiger partial charge in [0.05, 0.1) is 11.6 Å². The lowest BCUT2D eigenvalue weighted by molar-refractivity contribution is 0.475. The summed E-state index contributed by atoms with van der Waals surface area (Å²) in [7, 11) is 0. The number of aromatic hydroxyl groups is 1. The van der Waals surface area contributed by atoms with Gasteiger partial charge in [-0.3, -0.25) is 0 Å². The molecular formula is C40H38N4O. The first-order chi connectivity index (χ1) is 21.9. The molecule has 5 nitrogen and oxygen atoms in total. The van der Waals surface area contributed by atoms with Crippen LogP contribution in [0.25, 0.3) is 50.9 Å². The van der Waals surface area contributed by atoms with Crippen LogP contribution in [0.5, 0.6) is 5.75 Å². The summed E-state index contributed by atoms with van der Waals surface area (Å²) < 4.78 is 0. The first-order valence-electron chi connectivity index (χ1n) is 15.4. The third kappa shape index (κ3) is 7.60. The Morgan fingerprint density at radius 3 is 2.09 bits per heavy atom. The first-order valence-corrected chi connectivity index (χ1v) is 15.4. The molecule has 0 aliphatic heterocycles. The van der Waals surface area contributed by atoms with Crippen LogP contribution in [0.1, 0.15) is 49.8 Å². The van der Waals surface area contributed by atoms with E-state index in [1.54, 1.807) is 6.07 Å². The van der Waals surface area contributed by atoms with Gasteiger partial charge in [0, 0.05) is 17.5 Å². The molecule has 224 valence electrons. The third-order valence-electron chi connectivity index (χ3n) is 7.81. The van der Waals surface area contributed by atoms with Gasteiger partial charge in [0.15, 0.2) is 17.5 Å². The Labute approximate surface area is 266 Å². The number of nitriles is 1. The fourth-order valence-corrected chi connectivity index (χ4v) is 5.35. The SMILES string of the molecule is C=C/C(=C\CCC)c1ccc(-c2nc(-c3ccc(-c4cccc(C)c4)cc3)nc(-c3ccc(CC(C)CC#N)cc3O)n2)cc1. The molecule has 0 aliphatic carbocycles. The summed E-state index contributed by atoms with van der Waals surface area (Å²) in [5.41, 5.74) is 8.85. The van der Waals surface area contributed by atoms with E-state index in [1.165, 1.54) is 5.56 Å². The van der Waals surface area contributed by atoms with E-state index in [2.05, 4.69) is 81.1 Å². The Balaban J connectivity index is 1.56. The molecule has 1 atom stereocenters. The molecule has 1 aromatic heterocycles. The number of unbranched alkanes of at least 4 members (excludes halogenated alkanes) is 1. The van der Waals surface area contributed by atoms with Crippen LogP contribution in [0.3, 0.4) is 0 Å². The van der Waals surface area contributed by atoms with E-state index < -0.39 is 0 Å². The third-order valence-corrected chi connectivity index (χ3v) is 7.81. The van der Waals surface area contributed by atoms with Crippen molar-refractivity contribution in [2.24, 2.45) is 5.92 Å². The Bertz CT molecular complexity index is 1860. The van der Waals surface area contributed by atoms with E-state index in [4.69, 9.17) is 20.2 Å². The van der Waals surface area contributed by atoms with Gasteiger partial charge in [-0.1, -0.05) is 123 Å². The molecule has 0 radical (unpaired) electrons. The Morgan fingerprint density at radius 2 is 1.49 bits per heavy atom. The predicted octanol–water partition coefficient (Wildman–Crippen LogP) is 10.0. The second-order valence-corrected chi connectivity index (χ2v) is 11.5. The van der Waals surface area contributed by atoms with E-state index in [-0.39, 0.29) is 11.7 Å². The van der Waals surface area contributed by atoms with Crippen molar-refractivity contribution in [3.63, 3.8) is 0 Å². The van der Waals surface area contributed by atoms with Crippen LogP contribution in [0.15, 0.2) is 110 Å². The van der Waals surface area contributed by atoms with Crippen molar-refractivity contribution in [2.45, 2.75) is 46.5 Å². The normalized spacial score (nSPS) is 12.0. The van der Waals surface area contributed by atoms with Crippen LogP contribution < -0.4 is 0 Å². The van der Waals surface area contributed by atoms with Crippen molar-refractivity contribution in [3.8, 4) is 57.1 Å². The van der Waals surface area contributed by atoms with Gasteiger partial charge in [0.25, 0.3) is 0 Å². The summed E-state index contributed by atoms with van der Waals surface area (Å²) in [5, 5.41) is 20.2. The number of benzene rings is 4. The largest absolute Gasteiger partial charge is 0.507 e. The molecule has 5 aromatic rings. The van der Waals surface area contributed by atoms with Crippen molar-refractivity contribution in [3.05, 3.63) is 126 Å². The van der Waals surface area contributed by atoms with Crippen molar-refractivity contribution in [1.82, 2.24) is 15.0 Å². The first kappa shape index (κ1) is 31.1. The molecule has 5 rings (SSSR count). The zero-order chi connectivity index (χ0) is 31.8. The molecule has 1 heterocycles. The number of hydrogen-bond acceptors (Lipinski definition) is 5. The van der Waals surface area contributed by atoms with Crippen molar-refractivity contribution in [2.75, 3.05) is 0 Å².